The molecule has 18 heavy (non-hydrogen) atoms. The number of hydrogen-bond acceptors (Lipinski definition) is 3. The minimum Gasteiger partial charge on any atom is -0.390 e. The molecule has 1 N–H and O–H groups in total. The van der Waals surface area contributed by atoms with E-state index in [9.17, 15) is 13.5 Å². The molecule has 2 atom stereocenters. The van der Waals surface area contributed by atoms with Gasteiger partial charge in [0.05, 0.1) is 10.9 Å². The molecule has 0 aromatic heterocycles. The molecular weight excluding hydrogens is 248 g/mol. The van der Waals surface area contributed by atoms with Crippen molar-refractivity contribution < 1.29 is 13.5 Å². The highest BCUT2D eigenvalue weighted by molar-refractivity contribution is 7.91. The predicted molar refractivity (Wildman–Crippen MR) is 73.2 cm³/mol. The highest BCUT2D eigenvalue weighted by Crippen LogP contribution is 2.43. The minimum absolute atomic E-state index is 0.193. The quantitative estimate of drug-likeness (QED) is 0.842. The van der Waals surface area contributed by atoms with Crippen molar-refractivity contribution in [2.45, 2.75) is 69.1 Å². The zero-order valence-corrected chi connectivity index (χ0v) is 12.4. The van der Waals surface area contributed by atoms with Crippen LogP contribution in [0, 0.1) is 11.8 Å². The number of sulfone groups is 1. The summed E-state index contributed by atoms with van der Waals surface area (Å²) in [6.07, 6.45) is 8.60. The number of rotatable bonds is 2. The summed E-state index contributed by atoms with van der Waals surface area (Å²) in [7, 11) is -2.95. The van der Waals surface area contributed by atoms with Crippen LogP contribution in [0.2, 0.25) is 0 Å². The molecular formula is C14H26O3S. The lowest BCUT2D eigenvalue weighted by Gasteiger charge is -2.44. The van der Waals surface area contributed by atoms with Crippen molar-refractivity contribution in [1.29, 1.82) is 0 Å². The van der Waals surface area contributed by atoms with Crippen LogP contribution in [0.25, 0.3) is 0 Å². The first kappa shape index (κ1) is 14.3. The molecule has 0 heterocycles. The van der Waals surface area contributed by atoms with Gasteiger partial charge in [-0.05, 0) is 56.8 Å². The van der Waals surface area contributed by atoms with E-state index in [2.05, 4.69) is 6.92 Å². The van der Waals surface area contributed by atoms with E-state index in [0.717, 1.165) is 44.9 Å². The van der Waals surface area contributed by atoms with E-state index in [0.29, 0.717) is 12.3 Å². The van der Waals surface area contributed by atoms with Gasteiger partial charge in [0.15, 0.2) is 0 Å². The van der Waals surface area contributed by atoms with Crippen molar-refractivity contribution in [3.05, 3.63) is 0 Å². The fraction of sp³-hybridized carbons (Fsp3) is 1.00. The summed E-state index contributed by atoms with van der Waals surface area (Å²) in [5.41, 5.74) is -0.587. The Labute approximate surface area is 111 Å². The molecule has 0 aromatic rings. The average molecular weight is 274 g/mol. The summed E-state index contributed by atoms with van der Waals surface area (Å²) in [6, 6.07) is 0. The molecule has 0 saturated heterocycles. The first-order valence-electron chi connectivity index (χ1n) is 7.22. The van der Waals surface area contributed by atoms with Crippen LogP contribution >= 0.6 is 0 Å². The van der Waals surface area contributed by atoms with Gasteiger partial charge in [0, 0.05) is 6.26 Å². The third kappa shape index (κ3) is 3.08. The van der Waals surface area contributed by atoms with E-state index >= 15 is 0 Å². The van der Waals surface area contributed by atoms with Gasteiger partial charge >= 0.3 is 0 Å². The van der Waals surface area contributed by atoms with Gasteiger partial charge in [0.2, 0.25) is 0 Å². The van der Waals surface area contributed by atoms with E-state index in [4.69, 9.17) is 0 Å². The van der Waals surface area contributed by atoms with Crippen LogP contribution in [-0.4, -0.2) is 30.6 Å². The summed E-state index contributed by atoms with van der Waals surface area (Å²) in [6.45, 7) is 2.24. The summed E-state index contributed by atoms with van der Waals surface area (Å²) in [5, 5.41) is 10.6. The van der Waals surface area contributed by atoms with E-state index in [1.54, 1.807) is 0 Å². The Morgan fingerprint density at radius 1 is 1.11 bits per heavy atom. The Morgan fingerprint density at radius 3 is 2.28 bits per heavy atom. The minimum atomic E-state index is -2.95. The standard InChI is InChI=1S/C14H26O3S/c1-11-6-8-14(15,9-7-11)12-4-3-5-13(10-12)18(2,16)17/h11-13,15H,3-10H2,1-2H3. The van der Waals surface area contributed by atoms with E-state index < -0.39 is 15.4 Å². The monoisotopic (exact) mass is 274 g/mol. The summed E-state index contributed by atoms with van der Waals surface area (Å²) >= 11 is 0. The lowest BCUT2D eigenvalue weighted by Crippen LogP contribution is -2.45. The van der Waals surface area contributed by atoms with Gasteiger partial charge in [0.1, 0.15) is 9.84 Å². The van der Waals surface area contributed by atoms with Crippen molar-refractivity contribution in [2.24, 2.45) is 11.8 Å². The highest BCUT2D eigenvalue weighted by atomic mass is 32.2. The van der Waals surface area contributed by atoms with Crippen LogP contribution in [-0.2, 0) is 9.84 Å². The Hall–Kier alpha value is -0.0900. The first-order chi connectivity index (χ1) is 8.31. The Morgan fingerprint density at radius 2 is 1.72 bits per heavy atom. The number of aliphatic hydroxyl groups is 1. The van der Waals surface area contributed by atoms with Crippen molar-refractivity contribution in [2.75, 3.05) is 6.26 Å². The SMILES string of the molecule is CC1CCC(O)(C2CCCC(S(C)(=O)=O)C2)CC1. The molecule has 2 aliphatic rings. The van der Waals surface area contributed by atoms with Gasteiger partial charge in [-0.15, -0.1) is 0 Å². The lowest BCUT2D eigenvalue weighted by atomic mass is 9.68. The Balaban J connectivity index is 2.04. The van der Waals surface area contributed by atoms with Gasteiger partial charge in [-0.3, -0.25) is 0 Å². The summed E-state index contributed by atoms with van der Waals surface area (Å²) < 4.78 is 23.4. The van der Waals surface area contributed by atoms with Gasteiger partial charge in [-0.25, -0.2) is 8.42 Å². The van der Waals surface area contributed by atoms with Crippen LogP contribution in [0.1, 0.15) is 58.3 Å². The molecule has 106 valence electrons. The van der Waals surface area contributed by atoms with E-state index in [1.165, 1.54) is 6.26 Å². The van der Waals surface area contributed by atoms with E-state index in [1.807, 2.05) is 0 Å². The van der Waals surface area contributed by atoms with Gasteiger partial charge in [-0.2, -0.15) is 0 Å². The molecule has 2 rings (SSSR count). The van der Waals surface area contributed by atoms with Crippen LogP contribution in [0.3, 0.4) is 0 Å². The topological polar surface area (TPSA) is 54.4 Å². The maximum atomic E-state index is 11.7. The zero-order chi connectivity index (χ0) is 13.4. The molecule has 2 unspecified atom stereocenters. The first-order valence-corrected chi connectivity index (χ1v) is 9.18. The van der Waals surface area contributed by atoms with Gasteiger partial charge in [0.25, 0.3) is 0 Å². The maximum Gasteiger partial charge on any atom is 0.150 e. The van der Waals surface area contributed by atoms with Crippen molar-refractivity contribution in [3.8, 4) is 0 Å². The molecule has 0 radical (unpaired) electrons. The third-order valence-electron chi connectivity index (χ3n) is 5.13. The second kappa shape index (κ2) is 5.12. The molecule has 2 saturated carbocycles. The Bertz CT molecular complexity index is 380. The molecule has 0 spiro atoms. The smallest absolute Gasteiger partial charge is 0.150 e. The molecule has 0 aliphatic heterocycles. The van der Waals surface area contributed by atoms with Gasteiger partial charge < -0.3 is 5.11 Å². The third-order valence-corrected chi connectivity index (χ3v) is 6.77. The van der Waals surface area contributed by atoms with Crippen molar-refractivity contribution >= 4 is 9.84 Å². The second-order valence-corrected chi connectivity index (χ2v) is 8.93. The second-order valence-electron chi connectivity index (χ2n) is 6.60. The molecule has 4 heteroatoms. The Kier molecular flexibility index (Phi) is 4.07. The van der Waals surface area contributed by atoms with Gasteiger partial charge in [-0.1, -0.05) is 13.3 Å². The normalized spacial score (nSPS) is 42.7. The molecule has 0 amide bonds. The molecule has 2 aliphatic carbocycles. The maximum absolute atomic E-state index is 11.7. The lowest BCUT2D eigenvalue weighted by molar-refractivity contribution is -0.0684. The summed E-state index contributed by atoms with van der Waals surface area (Å²) in [5.74, 6) is 0.901. The number of hydrogen-bond donors (Lipinski definition) is 1. The largest absolute Gasteiger partial charge is 0.390 e. The fourth-order valence-electron chi connectivity index (χ4n) is 3.69. The van der Waals surface area contributed by atoms with Crippen LogP contribution in [0.15, 0.2) is 0 Å². The highest BCUT2D eigenvalue weighted by Gasteiger charge is 2.42. The average Bonchev–Trinajstić information content (AvgIpc) is 2.32. The zero-order valence-electron chi connectivity index (χ0n) is 11.6. The predicted octanol–water partition coefficient (Wildman–Crippen LogP) is 2.53. The van der Waals surface area contributed by atoms with Crippen LogP contribution < -0.4 is 0 Å². The fourth-order valence-corrected chi connectivity index (χ4v) is 4.87. The van der Waals surface area contributed by atoms with Crippen molar-refractivity contribution in [3.63, 3.8) is 0 Å². The molecule has 0 bridgehead atoms. The molecule has 2 fully saturated rings. The van der Waals surface area contributed by atoms with Crippen LogP contribution in [0.4, 0.5) is 0 Å². The van der Waals surface area contributed by atoms with E-state index in [-0.39, 0.29) is 11.2 Å². The molecule has 0 aromatic carbocycles. The van der Waals surface area contributed by atoms with Crippen molar-refractivity contribution in [1.82, 2.24) is 0 Å². The molecule has 3 nitrogen and oxygen atoms in total. The van der Waals surface area contributed by atoms with Crippen LogP contribution in [0.5, 0.6) is 0 Å². The summed E-state index contributed by atoms with van der Waals surface area (Å²) in [4.78, 5) is 0.